The van der Waals surface area contributed by atoms with Gasteiger partial charge in [0.1, 0.15) is 5.82 Å². The van der Waals surface area contributed by atoms with Crippen LogP contribution in [0.3, 0.4) is 0 Å². The van der Waals surface area contributed by atoms with Crippen LogP contribution in [0.5, 0.6) is 0 Å². The molecule has 4 nitrogen and oxygen atoms in total. The Balaban J connectivity index is 1.44. The lowest BCUT2D eigenvalue weighted by Crippen LogP contribution is -2.56. The second-order valence-corrected chi connectivity index (χ2v) is 7.87. The molecule has 1 amide bonds. The molecule has 24 heavy (non-hydrogen) atoms. The number of carbonyl (C=O) groups excluding carboxylic acids is 1. The minimum atomic E-state index is -0.209. The molecule has 1 aromatic rings. The number of nitrogens with zero attached hydrogens (tertiary/aromatic N) is 1. The van der Waals surface area contributed by atoms with Crippen LogP contribution in [0, 0.1) is 17.2 Å². The fourth-order valence-corrected chi connectivity index (χ4v) is 3.85. The summed E-state index contributed by atoms with van der Waals surface area (Å²) in [6, 6.07) is 7.08. The monoisotopic (exact) mass is 333 g/mol. The molecule has 1 aliphatic carbocycles. The van der Waals surface area contributed by atoms with Crippen molar-refractivity contribution in [2.24, 2.45) is 17.1 Å². The lowest BCUT2D eigenvalue weighted by Gasteiger charge is -2.50. The van der Waals surface area contributed by atoms with E-state index in [0.717, 1.165) is 38.0 Å². The third-order valence-electron chi connectivity index (χ3n) is 6.03. The van der Waals surface area contributed by atoms with E-state index in [2.05, 4.69) is 24.1 Å². The predicted molar refractivity (Wildman–Crippen MR) is 94.3 cm³/mol. The lowest BCUT2D eigenvalue weighted by molar-refractivity contribution is -0.126. The molecule has 2 unspecified atom stereocenters. The number of carbonyl (C=O) groups is 1. The van der Waals surface area contributed by atoms with Gasteiger partial charge in [0.25, 0.3) is 0 Å². The van der Waals surface area contributed by atoms with Gasteiger partial charge in [0.05, 0.1) is 0 Å². The first kappa shape index (κ1) is 17.2. The van der Waals surface area contributed by atoms with Crippen molar-refractivity contribution in [1.82, 2.24) is 5.32 Å². The summed E-state index contributed by atoms with van der Waals surface area (Å²) < 4.78 is 13.0. The van der Waals surface area contributed by atoms with Crippen LogP contribution in [-0.4, -0.2) is 31.1 Å². The Bertz CT molecular complexity index is 579. The van der Waals surface area contributed by atoms with Crippen molar-refractivity contribution in [2.75, 3.05) is 18.0 Å². The van der Waals surface area contributed by atoms with Gasteiger partial charge in [-0.15, -0.1) is 0 Å². The first-order valence-electron chi connectivity index (χ1n) is 8.91. The normalized spacial score (nSPS) is 26.8. The first-order chi connectivity index (χ1) is 11.4. The summed E-state index contributed by atoms with van der Waals surface area (Å²) in [7, 11) is 0. The molecular weight excluding hydrogens is 305 g/mol. The van der Waals surface area contributed by atoms with E-state index in [0.29, 0.717) is 12.3 Å². The molecule has 5 heteroatoms. The highest BCUT2D eigenvalue weighted by Crippen LogP contribution is 2.46. The molecule has 0 radical (unpaired) electrons. The van der Waals surface area contributed by atoms with Gasteiger partial charge in [-0.05, 0) is 54.9 Å². The van der Waals surface area contributed by atoms with Gasteiger partial charge in [-0.1, -0.05) is 13.8 Å². The van der Waals surface area contributed by atoms with Crippen molar-refractivity contribution in [3.8, 4) is 0 Å². The van der Waals surface area contributed by atoms with Gasteiger partial charge in [0.15, 0.2) is 0 Å². The van der Waals surface area contributed by atoms with E-state index in [1.54, 1.807) is 0 Å². The number of nitrogens with two attached hydrogens (primary N) is 1. The maximum absolute atomic E-state index is 13.0. The third-order valence-corrected chi connectivity index (χ3v) is 6.03. The summed E-state index contributed by atoms with van der Waals surface area (Å²) in [6.45, 7) is 6.08. The molecule has 2 aliphatic rings. The summed E-state index contributed by atoms with van der Waals surface area (Å²) in [5.41, 5.74) is 7.15. The number of halogens is 1. The van der Waals surface area contributed by atoms with Crippen LogP contribution >= 0.6 is 0 Å². The Kier molecular flexibility index (Phi) is 4.81. The number of hydrogen-bond acceptors (Lipinski definition) is 3. The number of benzene rings is 1. The summed E-state index contributed by atoms with van der Waals surface area (Å²) in [5.74, 6) is 0.339. The molecule has 0 aromatic heterocycles. The minimum Gasteiger partial charge on any atom is -0.371 e. The van der Waals surface area contributed by atoms with Crippen molar-refractivity contribution < 1.29 is 9.18 Å². The third kappa shape index (κ3) is 3.56. The van der Waals surface area contributed by atoms with Crippen LogP contribution < -0.4 is 16.0 Å². The van der Waals surface area contributed by atoms with Gasteiger partial charge in [0.2, 0.25) is 5.91 Å². The molecule has 1 heterocycles. The standard InChI is InChI=1S/C19H28FN3O/c1-19(2)13(11-17(19)21)12-18(24)22-15-7-9-23(10-8-15)16-5-3-14(20)4-6-16/h3-6,13,15,17H,7-12,21H2,1-2H3,(H,22,24). The second kappa shape index (κ2) is 6.71. The van der Waals surface area contributed by atoms with E-state index in [9.17, 15) is 9.18 Å². The Morgan fingerprint density at radius 3 is 2.46 bits per heavy atom. The summed E-state index contributed by atoms with van der Waals surface area (Å²) in [6.07, 6.45) is 3.38. The maximum Gasteiger partial charge on any atom is 0.220 e. The quantitative estimate of drug-likeness (QED) is 0.891. The molecule has 1 aliphatic heterocycles. The number of hydrogen-bond donors (Lipinski definition) is 2. The van der Waals surface area contributed by atoms with Crippen LogP contribution in [-0.2, 0) is 4.79 Å². The fraction of sp³-hybridized carbons (Fsp3) is 0.632. The Morgan fingerprint density at radius 1 is 1.29 bits per heavy atom. The average molecular weight is 333 g/mol. The van der Waals surface area contributed by atoms with Gasteiger partial charge in [-0.2, -0.15) is 0 Å². The van der Waals surface area contributed by atoms with E-state index in [4.69, 9.17) is 5.73 Å². The van der Waals surface area contributed by atoms with Crippen molar-refractivity contribution in [2.45, 2.75) is 51.6 Å². The number of nitrogens with one attached hydrogen (secondary N) is 1. The average Bonchev–Trinajstić information content (AvgIpc) is 2.56. The second-order valence-electron chi connectivity index (χ2n) is 7.87. The van der Waals surface area contributed by atoms with Crippen molar-refractivity contribution in [1.29, 1.82) is 0 Å². The van der Waals surface area contributed by atoms with E-state index in [-0.39, 0.29) is 29.2 Å². The largest absolute Gasteiger partial charge is 0.371 e. The first-order valence-corrected chi connectivity index (χ1v) is 8.91. The smallest absolute Gasteiger partial charge is 0.220 e. The number of rotatable bonds is 4. The molecule has 1 saturated heterocycles. The summed E-state index contributed by atoms with van der Waals surface area (Å²) in [5, 5.41) is 3.19. The zero-order chi connectivity index (χ0) is 17.3. The molecule has 2 fully saturated rings. The highest BCUT2D eigenvalue weighted by molar-refractivity contribution is 5.76. The Labute approximate surface area is 143 Å². The summed E-state index contributed by atoms with van der Waals surface area (Å²) in [4.78, 5) is 14.5. The lowest BCUT2D eigenvalue weighted by atomic mass is 9.58. The SMILES string of the molecule is CC1(C)C(N)CC1CC(=O)NC1CCN(c2ccc(F)cc2)CC1. The van der Waals surface area contributed by atoms with Gasteiger partial charge in [0, 0.05) is 37.3 Å². The van der Waals surface area contributed by atoms with Gasteiger partial charge < -0.3 is 16.0 Å². The van der Waals surface area contributed by atoms with Gasteiger partial charge >= 0.3 is 0 Å². The van der Waals surface area contributed by atoms with Gasteiger partial charge in [-0.25, -0.2) is 4.39 Å². The van der Waals surface area contributed by atoms with Crippen molar-refractivity contribution in [3.05, 3.63) is 30.1 Å². The van der Waals surface area contributed by atoms with Gasteiger partial charge in [-0.3, -0.25) is 4.79 Å². The molecule has 1 saturated carbocycles. The predicted octanol–water partition coefficient (Wildman–Crippen LogP) is 2.67. The molecule has 2 atom stereocenters. The molecule has 0 spiro atoms. The van der Waals surface area contributed by atoms with Crippen LogP contribution in [0.1, 0.15) is 39.5 Å². The molecule has 1 aromatic carbocycles. The van der Waals surface area contributed by atoms with E-state index >= 15 is 0 Å². The highest BCUT2D eigenvalue weighted by atomic mass is 19.1. The highest BCUT2D eigenvalue weighted by Gasteiger charge is 2.46. The molecule has 3 rings (SSSR count). The number of anilines is 1. The fourth-order valence-electron chi connectivity index (χ4n) is 3.85. The zero-order valence-electron chi connectivity index (χ0n) is 14.6. The zero-order valence-corrected chi connectivity index (χ0v) is 14.6. The molecule has 3 N–H and O–H groups in total. The van der Waals surface area contributed by atoms with Crippen LogP contribution in [0.25, 0.3) is 0 Å². The summed E-state index contributed by atoms with van der Waals surface area (Å²) >= 11 is 0. The molecule has 0 bridgehead atoms. The Morgan fingerprint density at radius 2 is 1.92 bits per heavy atom. The van der Waals surface area contributed by atoms with E-state index in [1.165, 1.54) is 12.1 Å². The number of amides is 1. The Hall–Kier alpha value is -1.62. The van der Waals surface area contributed by atoms with Crippen molar-refractivity contribution >= 4 is 11.6 Å². The van der Waals surface area contributed by atoms with Crippen LogP contribution in [0.2, 0.25) is 0 Å². The topological polar surface area (TPSA) is 58.4 Å². The van der Waals surface area contributed by atoms with E-state index < -0.39 is 0 Å². The molecular formula is C19H28FN3O. The maximum atomic E-state index is 13.0. The number of piperidine rings is 1. The van der Waals surface area contributed by atoms with Crippen LogP contribution in [0.15, 0.2) is 24.3 Å². The van der Waals surface area contributed by atoms with Crippen molar-refractivity contribution in [3.63, 3.8) is 0 Å². The van der Waals surface area contributed by atoms with E-state index in [1.807, 2.05) is 12.1 Å². The van der Waals surface area contributed by atoms with Crippen LogP contribution in [0.4, 0.5) is 10.1 Å². The molecule has 132 valence electrons. The minimum absolute atomic E-state index is 0.0727.